The van der Waals surface area contributed by atoms with Crippen LogP contribution in [0.15, 0.2) is 78.9 Å². The molecule has 0 radical (unpaired) electrons. The Morgan fingerprint density at radius 1 is 0.964 bits per heavy atom. The molecule has 0 spiro atoms. The monoisotopic (exact) mass is 386 g/mol. The summed E-state index contributed by atoms with van der Waals surface area (Å²) < 4.78 is 0. The van der Waals surface area contributed by atoms with Gasteiger partial charge in [0.1, 0.15) is 0 Å². The number of nitrogens with zero attached hydrogens (tertiary/aromatic N) is 1. The second-order valence-electron chi connectivity index (χ2n) is 6.72. The highest BCUT2D eigenvalue weighted by atomic mass is 35.5. The summed E-state index contributed by atoms with van der Waals surface area (Å²) in [6, 6.07) is 25.2. The average Bonchev–Trinajstić information content (AvgIpc) is 2.72. The van der Waals surface area contributed by atoms with Crippen molar-refractivity contribution < 1.29 is 4.79 Å². The van der Waals surface area contributed by atoms with E-state index in [1.807, 2.05) is 85.8 Å². The first-order valence-electron chi connectivity index (χ1n) is 9.10. The minimum atomic E-state index is -0.129. The molecular weight excluding hydrogens is 368 g/mol. The fourth-order valence-corrected chi connectivity index (χ4v) is 3.44. The molecule has 0 saturated heterocycles. The highest BCUT2D eigenvalue weighted by molar-refractivity contribution is 6.33. The number of hydrogen-bond donors (Lipinski definition) is 1. The second kappa shape index (κ2) is 7.83. The molecule has 0 saturated carbocycles. The molecule has 0 aliphatic heterocycles. The number of hydrogen-bond acceptors (Lipinski definition) is 2. The van der Waals surface area contributed by atoms with E-state index in [4.69, 9.17) is 16.6 Å². The smallest absolute Gasteiger partial charge is 0.252 e. The van der Waals surface area contributed by atoms with E-state index in [-0.39, 0.29) is 5.91 Å². The zero-order valence-corrected chi connectivity index (χ0v) is 16.2. The van der Waals surface area contributed by atoms with E-state index >= 15 is 0 Å². The van der Waals surface area contributed by atoms with Crippen molar-refractivity contribution in [2.75, 3.05) is 0 Å². The van der Waals surface area contributed by atoms with E-state index in [0.29, 0.717) is 22.8 Å². The number of aryl methyl sites for hydroxylation is 1. The van der Waals surface area contributed by atoms with Crippen molar-refractivity contribution in [3.63, 3.8) is 0 Å². The van der Waals surface area contributed by atoms with Gasteiger partial charge >= 0.3 is 0 Å². The summed E-state index contributed by atoms with van der Waals surface area (Å²) in [6.45, 7) is 2.48. The Bertz CT molecular complexity index is 1160. The summed E-state index contributed by atoms with van der Waals surface area (Å²) in [5, 5.41) is 4.46. The van der Waals surface area contributed by atoms with E-state index in [0.717, 1.165) is 27.6 Å². The first kappa shape index (κ1) is 18.2. The number of carbonyl (C=O) groups is 1. The zero-order valence-electron chi connectivity index (χ0n) is 15.4. The number of nitrogens with one attached hydrogen (secondary N) is 1. The van der Waals surface area contributed by atoms with E-state index in [1.54, 1.807) is 0 Å². The van der Waals surface area contributed by atoms with Gasteiger partial charge in [0.05, 0.1) is 16.8 Å². The molecule has 0 fully saturated rings. The number of fused-ring (bicyclic) bond motifs is 1. The largest absolute Gasteiger partial charge is 0.348 e. The molecule has 0 atom stereocenters. The summed E-state index contributed by atoms with van der Waals surface area (Å²) in [5.41, 5.74) is 5.00. The summed E-state index contributed by atoms with van der Waals surface area (Å²) in [7, 11) is 0. The molecule has 1 heterocycles. The first-order chi connectivity index (χ1) is 13.6. The minimum Gasteiger partial charge on any atom is -0.348 e. The fraction of sp³-hybridized carbons (Fsp3) is 0.0833. The maximum atomic E-state index is 13.0. The molecule has 0 aliphatic carbocycles. The predicted molar refractivity (Wildman–Crippen MR) is 115 cm³/mol. The quantitative estimate of drug-likeness (QED) is 0.482. The number of amides is 1. The molecule has 4 heteroatoms. The van der Waals surface area contributed by atoms with Crippen molar-refractivity contribution in [2.24, 2.45) is 0 Å². The summed E-state index contributed by atoms with van der Waals surface area (Å²) in [4.78, 5) is 17.8. The van der Waals surface area contributed by atoms with Gasteiger partial charge in [-0.2, -0.15) is 0 Å². The molecule has 3 aromatic carbocycles. The number of aromatic nitrogens is 1. The lowest BCUT2D eigenvalue weighted by Gasteiger charge is -2.12. The Morgan fingerprint density at radius 2 is 1.71 bits per heavy atom. The molecule has 0 bridgehead atoms. The van der Waals surface area contributed by atoms with Crippen LogP contribution in [-0.2, 0) is 6.54 Å². The lowest BCUT2D eigenvalue weighted by atomic mass is 10.0. The lowest BCUT2D eigenvalue weighted by Crippen LogP contribution is -2.23. The third-order valence-corrected chi connectivity index (χ3v) is 4.98. The maximum Gasteiger partial charge on any atom is 0.252 e. The number of pyridine rings is 1. The van der Waals surface area contributed by atoms with Gasteiger partial charge in [0, 0.05) is 22.5 Å². The zero-order chi connectivity index (χ0) is 19.5. The van der Waals surface area contributed by atoms with Crippen molar-refractivity contribution in [3.8, 4) is 11.3 Å². The molecule has 0 unspecified atom stereocenters. The lowest BCUT2D eigenvalue weighted by molar-refractivity contribution is 0.0952. The van der Waals surface area contributed by atoms with Crippen molar-refractivity contribution in [2.45, 2.75) is 13.5 Å². The van der Waals surface area contributed by atoms with Crippen LogP contribution in [0.3, 0.4) is 0 Å². The standard InChI is InChI=1S/C24H19ClN2O/c1-16-11-12-22-19(13-16)20(24(28)26-15-17-7-3-2-4-8-17)14-23(27-22)18-9-5-6-10-21(18)25/h2-14H,15H2,1H3,(H,26,28). The molecule has 1 N–H and O–H groups in total. The van der Waals surface area contributed by atoms with Gasteiger partial charge < -0.3 is 5.32 Å². The van der Waals surface area contributed by atoms with E-state index in [1.165, 1.54) is 0 Å². The van der Waals surface area contributed by atoms with Crippen LogP contribution in [-0.4, -0.2) is 10.9 Å². The van der Waals surface area contributed by atoms with Crippen molar-refractivity contribution in [1.29, 1.82) is 0 Å². The summed E-state index contributed by atoms with van der Waals surface area (Å²) >= 11 is 6.37. The van der Waals surface area contributed by atoms with Gasteiger partial charge in [-0.1, -0.05) is 71.8 Å². The van der Waals surface area contributed by atoms with Gasteiger partial charge in [-0.05, 0) is 36.8 Å². The van der Waals surface area contributed by atoms with E-state index < -0.39 is 0 Å². The molecule has 138 valence electrons. The summed E-state index contributed by atoms with van der Waals surface area (Å²) in [6.07, 6.45) is 0. The number of benzene rings is 3. The molecular formula is C24H19ClN2O. The van der Waals surface area contributed by atoms with Crippen LogP contribution in [0.25, 0.3) is 22.2 Å². The number of halogens is 1. The Hall–Kier alpha value is -3.17. The molecule has 1 aromatic heterocycles. The Balaban J connectivity index is 1.77. The van der Waals surface area contributed by atoms with Crippen LogP contribution >= 0.6 is 11.6 Å². The predicted octanol–water partition coefficient (Wildman–Crippen LogP) is 5.79. The van der Waals surface area contributed by atoms with E-state index in [9.17, 15) is 4.79 Å². The van der Waals surface area contributed by atoms with Crippen LogP contribution in [0, 0.1) is 6.92 Å². The Morgan fingerprint density at radius 3 is 2.50 bits per heavy atom. The van der Waals surface area contributed by atoms with Crippen molar-refractivity contribution in [3.05, 3.63) is 101 Å². The number of rotatable bonds is 4. The van der Waals surface area contributed by atoms with Gasteiger partial charge in [-0.3, -0.25) is 4.79 Å². The first-order valence-corrected chi connectivity index (χ1v) is 9.48. The van der Waals surface area contributed by atoms with Gasteiger partial charge in [-0.15, -0.1) is 0 Å². The van der Waals surface area contributed by atoms with Gasteiger partial charge in [0.15, 0.2) is 0 Å². The topological polar surface area (TPSA) is 42.0 Å². The maximum absolute atomic E-state index is 13.0. The average molecular weight is 387 g/mol. The molecule has 3 nitrogen and oxygen atoms in total. The van der Waals surface area contributed by atoms with Crippen molar-refractivity contribution in [1.82, 2.24) is 10.3 Å². The third kappa shape index (κ3) is 3.75. The highest BCUT2D eigenvalue weighted by Crippen LogP contribution is 2.30. The van der Waals surface area contributed by atoms with Gasteiger partial charge in [0.2, 0.25) is 0 Å². The van der Waals surface area contributed by atoms with Crippen LogP contribution in [0.5, 0.6) is 0 Å². The van der Waals surface area contributed by atoms with Crippen molar-refractivity contribution >= 4 is 28.4 Å². The van der Waals surface area contributed by atoms with E-state index in [2.05, 4.69) is 5.32 Å². The molecule has 28 heavy (non-hydrogen) atoms. The second-order valence-corrected chi connectivity index (χ2v) is 7.13. The van der Waals surface area contributed by atoms with Gasteiger partial charge in [0.25, 0.3) is 5.91 Å². The minimum absolute atomic E-state index is 0.129. The Labute approximate surface area is 169 Å². The third-order valence-electron chi connectivity index (χ3n) is 4.65. The Kier molecular flexibility index (Phi) is 5.09. The molecule has 4 rings (SSSR count). The fourth-order valence-electron chi connectivity index (χ4n) is 3.21. The van der Waals surface area contributed by atoms with Crippen LogP contribution in [0.4, 0.5) is 0 Å². The molecule has 1 amide bonds. The number of carbonyl (C=O) groups excluding carboxylic acids is 1. The van der Waals surface area contributed by atoms with Gasteiger partial charge in [-0.25, -0.2) is 4.98 Å². The SMILES string of the molecule is Cc1ccc2nc(-c3ccccc3Cl)cc(C(=O)NCc3ccccc3)c2c1. The molecule has 4 aromatic rings. The summed E-state index contributed by atoms with van der Waals surface area (Å²) in [5.74, 6) is -0.129. The normalized spacial score (nSPS) is 10.8. The molecule has 0 aliphatic rings. The van der Waals surface area contributed by atoms with Crippen LogP contribution < -0.4 is 5.32 Å². The highest BCUT2D eigenvalue weighted by Gasteiger charge is 2.15. The van der Waals surface area contributed by atoms with Crippen LogP contribution in [0.1, 0.15) is 21.5 Å². The van der Waals surface area contributed by atoms with Crippen LogP contribution in [0.2, 0.25) is 5.02 Å².